The molecule has 0 unspecified atom stereocenters. The van der Waals surface area contributed by atoms with Gasteiger partial charge in [-0.05, 0) is 26.1 Å². The molecule has 1 aromatic carbocycles. The lowest BCUT2D eigenvalue weighted by molar-refractivity contribution is 0.608. The molecule has 4 heteroatoms. The van der Waals surface area contributed by atoms with Crippen molar-refractivity contribution in [3.05, 3.63) is 47.5 Å². The van der Waals surface area contributed by atoms with E-state index in [0.717, 1.165) is 17.8 Å². The predicted molar refractivity (Wildman–Crippen MR) is 61.0 cm³/mol. The molecule has 1 aromatic heterocycles. The second kappa shape index (κ2) is 4.45. The molecule has 3 nitrogen and oxygen atoms in total. The summed E-state index contributed by atoms with van der Waals surface area (Å²) in [7, 11) is 1.87. The van der Waals surface area contributed by atoms with Crippen molar-refractivity contribution in [3.63, 3.8) is 0 Å². The van der Waals surface area contributed by atoms with Crippen molar-refractivity contribution in [3.8, 4) is 5.69 Å². The largest absolute Gasteiger partial charge is 0.316 e. The van der Waals surface area contributed by atoms with Gasteiger partial charge in [0, 0.05) is 17.8 Å². The number of benzene rings is 1. The Morgan fingerprint density at radius 2 is 2.12 bits per heavy atom. The molecule has 0 bridgehead atoms. The lowest BCUT2D eigenvalue weighted by atomic mass is 10.2. The number of nitrogens with zero attached hydrogens (tertiary/aromatic N) is 2. The van der Waals surface area contributed by atoms with Crippen LogP contribution in [0.3, 0.4) is 0 Å². The fourth-order valence-electron chi connectivity index (χ4n) is 1.67. The minimum atomic E-state index is -0.260. The fraction of sp³-hybridized carbons (Fsp3) is 0.250. The lowest BCUT2D eigenvalue weighted by Crippen LogP contribution is -2.07. The molecule has 0 radical (unpaired) electrons. The summed E-state index contributed by atoms with van der Waals surface area (Å²) >= 11 is 0. The average molecular weight is 219 g/mol. The van der Waals surface area contributed by atoms with Crippen molar-refractivity contribution in [2.24, 2.45) is 0 Å². The van der Waals surface area contributed by atoms with Crippen LogP contribution in [0.5, 0.6) is 0 Å². The highest BCUT2D eigenvalue weighted by molar-refractivity contribution is 5.35. The Hall–Kier alpha value is -1.68. The minimum Gasteiger partial charge on any atom is -0.316 e. The monoisotopic (exact) mass is 219 g/mol. The van der Waals surface area contributed by atoms with Crippen molar-refractivity contribution in [2.45, 2.75) is 13.5 Å². The zero-order valence-electron chi connectivity index (χ0n) is 9.37. The van der Waals surface area contributed by atoms with Crippen molar-refractivity contribution in [1.29, 1.82) is 0 Å². The van der Waals surface area contributed by atoms with Gasteiger partial charge in [-0.15, -0.1) is 0 Å². The summed E-state index contributed by atoms with van der Waals surface area (Å²) in [6.45, 7) is 2.67. The van der Waals surface area contributed by atoms with E-state index in [9.17, 15) is 4.39 Å². The van der Waals surface area contributed by atoms with Gasteiger partial charge < -0.3 is 5.32 Å². The van der Waals surface area contributed by atoms with Crippen LogP contribution < -0.4 is 5.32 Å². The van der Waals surface area contributed by atoms with Gasteiger partial charge in [0.1, 0.15) is 11.5 Å². The van der Waals surface area contributed by atoms with Crippen LogP contribution in [0.2, 0.25) is 0 Å². The Morgan fingerprint density at radius 1 is 1.38 bits per heavy atom. The summed E-state index contributed by atoms with van der Waals surface area (Å²) in [4.78, 5) is 0. The van der Waals surface area contributed by atoms with Gasteiger partial charge in [0.15, 0.2) is 0 Å². The fourth-order valence-corrected chi connectivity index (χ4v) is 1.67. The highest BCUT2D eigenvalue weighted by Gasteiger charge is 2.10. The number of hydrogen-bond donors (Lipinski definition) is 1. The maximum Gasteiger partial charge on any atom is 0.148 e. The van der Waals surface area contributed by atoms with Gasteiger partial charge >= 0.3 is 0 Å². The Morgan fingerprint density at radius 3 is 2.81 bits per heavy atom. The lowest BCUT2D eigenvalue weighted by Gasteiger charge is -2.06. The molecule has 0 saturated heterocycles. The van der Waals surface area contributed by atoms with Gasteiger partial charge in [-0.3, -0.25) is 0 Å². The first-order valence-corrected chi connectivity index (χ1v) is 5.17. The number of rotatable bonds is 3. The van der Waals surface area contributed by atoms with E-state index in [4.69, 9.17) is 0 Å². The van der Waals surface area contributed by atoms with Gasteiger partial charge in [-0.1, -0.05) is 12.1 Å². The second-order valence-electron chi connectivity index (χ2n) is 3.65. The van der Waals surface area contributed by atoms with E-state index in [1.165, 1.54) is 6.07 Å². The smallest absolute Gasteiger partial charge is 0.148 e. The molecule has 0 amide bonds. The first-order chi connectivity index (χ1) is 7.74. The van der Waals surface area contributed by atoms with E-state index in [1.54, 1.807) is 29.1 Å². The molecule has 0 saturated carbocycles. The maximum absolute atomic E-state index is 13.6. The number of para-hydroxylation sites is 1. The van der Waals surface area contributed by atoms with Crippen LogP contribution in [0.1, 0.15) is 11.3 Å². The number of halogens is 1. The second-order valence-corrected chi connectivity index (χ2v) is 3.65. The molecule has 16 heavy (non-hydrogen) atoms. The van der Waals surface area contributed by atoms with E-state index in [-0.39, 0.29) is 5.82 Å². The summed E-state index contributed by atoms with van der Waals surface area (Å²) in [5.74, 6) is -0.260. The number of hydrogen-bond acceptors (Lipinski definition) is 2. The van der Waals surface area contributed by atoms with Crippen molar-refractivity contribution in [2.75, 3.05) is 7.05 Å². The van der Waals surface area contributed by atoms with Crippen LogP contribution in [-0.4, -0.2) is 16.8 Å². The third-order valence-corrected chi connectivity index (χ3v) is 2.56. The molecule has 2 aromatic rings. The van der Waals surface area contributed by atoms with E-state index >= 15 is 0 Å². The van der Waals surface area contributed by atoms with Crippen molar-refractivity contribution in [1.82, 2.24) is 15.1 Å². The summed E-state index contributed by atoms with van der Waals surface area (Å²) in [6.07, 6.45) is 1.76. The zero-order chi connectivity index (χ0) is 11.5. The SMILES string of the molecule is CNCc1cnn(-c2ccccc2F)c1C. The van der Waals surface area contributed by atoms with Gasteiger partial charge in [0.05, 0.1) is 6.20 Å². The summed E-state index contributed by atoms with van der Waals surface area (Å²) in [5.41, 5.74) is 2.52. The van der Waals surface area contributed by atoms with Crippen LogP contribution in [-0.2, 0) is 6.54 Å². The molecule has 1 N–H and O–H groups in total. The highest BCUT2D eigenvalue weighted by Crippen LogP contribution is 2.16. The van der Waals surface area contributed by atoms with Crippen LogP contribution >= 0.6 is 0 Å². The maximum atomic E-state index is 13.6. The molecule has 0 aliphatic carbocycles. The first kappa shape index (κ1) is 10.8. The van der Waals surface area contributed by atoms with Gasteiger partial charge in [-0.2, -0.15) is 5.10 Å². The minimum absolute atomic E-state index is 0.260. The van der Waals surface area contributed by atoms with Gasteiger partial charge in [0.2, 0.25) is 0 Å². The van der Waals surface area contributed by atoms with Crippen LogP contribution in [0.25, 0.3) is 5.69 Å². The van der Waals surface area contributed by atoms with Gasteiger partial charge in [0.25, 0.3) is 0 Å². The molecule has 0 fully saturated rings. The van der Waals surface area contributed by atoms with E-state index in [1.807, 2.05) is 14.0 Å². The third kappa shape index (κ3) is 1.84. The van der Waals surface area contributed by atoms with E-state index < -0.39 is 0 Å². The number of nitrogens with one attached hydrogen (secondary N) is 1. The zero-order valence-corrected chi connectivity index (χ0v) is 9.37. The molecule has 84 valence electrons. The Kier molecular flexibility index (Phi) is 3.01. The molecule has 0 atom stereocenters. The summed E-state index contributed by atoms with van der Waals surface area (Å²) < 4.78 is 15.2. The molecule has 1 heterocycles. The third-order valence-electron chi connectivity index (χ3n) is 2.56. The number of aromatic nitrogens is 2. The summed E-state index contributed by atoms with van der Waals surface area (Å²) in [5, 5.41) is 7.26. The van der Waals surface area contributed by atoms with Crippen LogP contribution in [0.4, 0.5) is 4.39 Å². The Bertz CT molecular complexity index is 491. The average Bonchev–Trinajstić information content (AvgIpc) is 2.62. The van der Waals surface area contributed by atoms with Crippen LogP contribution in [0, 0.1) is 12.7 Å². The molecule has 0 aliphatic heterocycles. The van der Waals surface area contributed by atoms with Crippen LogP contribution in [0.15, 0.2) is 30.5 Å². The van der Waals surface area contributed by atoms with E-state index in [2.05, 4.69) is 10.4 Å². The standard InChI is InChI=1S/C12H14FN3/c1-9-10(7-14-2)8-15-16(9)12-6-4-3-5-11(12)13/h3-6,8,14H,7H2,1-2H3. The molecule has 0 aliphatic rings. The molecule has 2 rings (SSSR count). The first-order valence-electron chi connectivity index (χ1n) is 5.17. The quantitative estimate of drug-likeness (QED) is 0.856. The molecular formula is C12H14FN3. The van der Waals surface area contributed by atoms with Crippen molar-refractivity contribution >= 4 is 0 Å². The molecule has 0 spiro atoms. The normalized spacial score (nSPS) is 10.7. The topological polar surface area (TPSA) is 29.9 Å². The summed E-state index contributed by atoms with van der Waals surface area (Å²) in [6, 6.07) is 6.64. The highest BCUT2D eigenvalue weighted by atomic mass is 19.1. The van der Waals surface area contributed by atoms with Gasteiger partial charge in [-0.25, -0.2) is 9.07 Å². The van der Waals surface area contributed by atoms with Crippen molar-refractivity contribution < 1.29 is 4.39 Å². The molecular weight excluding hydrogens is 205 g/mol. The predicted octanol–water partition coefficient (Wildman–Crippen LogP) is 2.04. The van der Waals surface area contributed by atoms with E-state index in [0.29, 0.717) is 5.69 Å². The Labute approximate surface area is 93.9 Å². The Balaban J connectivity index is 2.45.